The largest absolute Gasteiger partial charge is 0.359 e. The molecule has 0 amide bonds. The van der Waals surface area contributed by atoms with Gasteiger partial charge >= 0.3 is 0 Å². The quantitative estimate of drug-likeness (QED) is 0.738. The summed E-state index contributed by atoms with van der Waals surface area (Å²) in [6, 6.07) is 6.02. The van der Waals surface area contributed by atoms with Gasteiger partial charge in [0.1, 0.15) is 17.0 Å². The second kappa shape index (κ2) is 5.54. The number of nitrogens with zero attached hydrogens (tertiary/aromatic N) is 4. The van der Waals surface area contributed by atoms with E-state index in [1.807, 2.05) is 18.3 Å². The molecule has 3 aromatic rings. The number of hydrogen-bond acceptors (Lipinski definition) is 5. The summed E-state index contributed by atoms with van der Waals surface area (Å²) in [5, 5.41) is 3.30. The molecule has 0 aromatic carbocycles. The van der Waals surface area contributed by atoms with Crippen molar-refractivity contribution in [3.8, 4) is 0 Å². The lowest BCUT2D eigenvalue weighted by molar-refractivity contribution is 0.841. The van der Waals surface area contributed by atoms with Crippen molar-refractivity contribution < 1.29 is 0 Å². The van der Waals surface area contributed by atoms with Crippen molar-refractivity contribution in [2.45, 2.75) is 13.3 Å². The van der Waals surface area contributed by atoms with Gasteiger partial charge in [-0.05, 0) is 30.0 Å². The van der Waals surface area contributed by atoms with Gasteiger partial charge in [0.25, 0.3) is 0 Å². The average molecular weight is 284 g/mol. The number of hydrogen-bond donors (Lipinski definition) is 0. The second-order valence-corrected chi connectivity index (χ2v) is 5.65. The molecule has 3 heterocycles. The highest BCUT2D eigenvalue weighted by molar-refractivity contribution is 7.17. The molecule has 0 fully saturated rings. The minimum Gasteiger partial charge on any atom is -0.359 e. The van der Waals surface area contributed by atoms with Crippen LogP contribution >= 0.6 is 11.3 Å². The molecule has 0 saturated carbocycles. The fourth-order valence-corrected chi connectivity index (χ4v) is 3.11. The van der Waals surface area contributed by atoms with E-state index in [1.54, 1.807) is 17.7 Å². The summed E-state index contributed by atoms with van der Waals surface area (Å²) < 4.78 is 0. The fraction of sp³-hybridized carbons (Fsp3) is 0.267. The van der Waals surface area contributed by atoms with E-state index in [0.29, 0.717) is 0 Å². The molecule has 4 nitrogen and oxygen atoms in total. The topological polar surface area (TPSA) is 41.9 Å². The maximum absolute atomic E-state index is 4.45. The van der Waals surface area contributed by atoms with Gasteiger partial charge in [-0.25, -0.2) is 9.97 Å². The third kappa shape index (κ3) is 2.49. The minimum absolute atomic E-state index is 0.887. The number of aromatic nitrogens is 3. The average Bonchev–Trinajstić information content (AvgIpc) is 2.87. The first kappa shape index (κ1) is 13.0. The summed E-state index contributed by atoms with van der Waals surface area (Å²) in [5.74, 6) is 1.00. The van der Waals surface area contributed by atoms with E-state index in [9.17, 15) is 0 Å². The molecule has 0 spiro atoms. The van der Waals surface area contributed by atoms with E-state index < -0.39 is 0 Å². The van der Waals surface area contributed by atoms with Crippen LogP contribution < -0.4 is 4.90 Å². The van der Waals surface area contributed by atoms with Gasteiger partial charge in [0.2, 0.25) is 0 Å². The molecule has 20 heavy (non-hydrogen) atoms. The lowest BCUT2D eigenvalue weighted by Gasteiger charge is -2.18. The van der Waals surface area contributed by atoms with Gasteiger partial charge in [-0.15, -0.1) is 11.3 Å². The summed E-state index contributed by atoms with van der Waals surface area (Å²) in [7, 11) is 2.07. The predicted octanol–water partition coefficient (Wildman–Crippen LogP) is 3.07. The molecule has 3 rings (SSSR count). The minimum atomic E-state index is 0.887. The van der Waals surface area contributed by atoms with Crippen LogP contribution in [-0.2, 0) is 6.42 Å². The molecular weight excluding hydrogens is 268 g/mol. The molecule has 0 unspecified atom stereocenters. The van der Waals surface area contributed by atoms with Gasteiger partial charge in [0.15, 0.2) is 0 Å². The van der Waals surface area contributed by atoms with Crippen molar-refractivity contribution in [1.29, 1.82) is 0 Å². The Kier molecular flexibility index (Phi) is 3.60. The normalized spacial score (nSPS) is 10.9. The zero-order chi connectivity index (χ0) is 13.9. The zero-order valence-electron chi connectivity index (χ0n) is 11.6. The van der Waals surface area contributed by atoms with Gasteiger partial charge in [0.05, 0.1) is 5.39 Å². The first-order valence-corrected chi connectivity index (χ1v) is 7.43. The Morgan fingerprint density at radius 3 is 2.90 bits per heavy atom. The van der Waals surface area contributed by atoms with E-state index in [4.69, 9.17) is 0 Å². The van der Waals surface area contributed by atoms with Crippen LogP contribution in [0.15, 0.2) is 36.1 Å². The summed E-state index contributed by atoms with van der Waals surface area (Å²) in [6.07, 6.45) is 4.39. The third-order valence-corrected chi connectivity index (χ3v) is 4.33. The number of anilines is 1. The molecule has 102 valence electrons. The lowest BCUT2D eigenvalue weighted by Crippen LogP contribution is -2.22. The van der Waals surface area contributed by atoms with Crippen LogP contribution in [0.5, 0.6) is 0 Å². The number of pyridine rings is 1. The van der Waals surface area contributed by atoms with E-state index in [-0.39, 0.29) is 0 Å². The van der Waals surface area contributed by atoms with E-state index in [0.717, 1.165) is 29.3 Å². The van der Waals surface area contributed by atoms with Gasteiger partial charge < -0.3 is 4.90 Å². The van der Waals surface area contributed by atoms with Crippen molar-refractivity contribution in [2.24, 2.45) is 0 Å². The van der Waals surface area contributed by atoms with E-state index in [2.05, 4.69) is 45.3 Å². The maximum Gasteiger partial charge on any atom is 0.140 e. The fourth-order valence-electron chi connectivity index (χ4n) is 2.22. The number of fused-ring (bicyclic) bond motifs is 1. The van der Waals surface area contributed by atoms with Crippen molar-refractivity contribution in [3.05, 3.63) is 47.4 Å². The molecule has 0 atom stereocenters. The molecule has 0 aliphatic heterocycles. The summed E-state index contributed by atoms with van der Waals surface area (Å²) >= 11 is 1.67. The number of aryl methyl sites for hydroxylation is 1. The first-order chi connectivity index (χ1) is 9.75. The van der Waals surface area contributed by atoms with Crippen LogP contribution in [0.25, 0.3) is 10.2 Å². The highest BCUT2D eigenvalue weighted by Gasteiger charge is 2.12. The third-order valence-electron chi connectivity index (χ3n) is 3.33. The zero-order valence-corrected chi connectivity index (χ0v) is 12.4. The van der Waals surface area contributed by atoms with E-state index in [1.165, 1.54) is 10.9 Å². The molecular formula is C15H16N4S. The number of rotatable bonds is 4. The second-order valence-electron chi connectivity index (χ2n) is 4.79. The van der Waals surface area contributed by atoms with Gasteiger partial charge in [-0.3, -0.25) is 4.98 Å². The Hall–Kier alpha value is -2.01. The SMILES string of the molecule is Cc1csc2ncnc(N(C)CCc3ccccn3)c12. The summed E-state index contributed by atoms with van der Waals surface area (Å²) in [4.78, 5) is 16.4. The molecule has 0 N–H and O–H groups in total. The van der Waals surface area contributed by atoms with Crippen LogP contribution in [0.1, 0.15) is 11.3 Å². The Balaban J connectivity index is 1.82. The molecule has 0 radical (unpaired) electrons. The van der Waals surface area contributed by atoms with Crippen LogP contribution in [0.3, 0.4) is 0 Å². The Bertz CT molecular complexity index is 708. The van der Waals surface area contributed by atoms with E-state index >= 15 is 0 Å². The van der Waals surface area contributed by atoms with Crippen LogP contribution in [0, 0.1) is 6.92 Å². The smallest absolute Gasteiger partial charge is 0.140 e. The van der Waals surface area contributed by atoms with Crippen molar-refractivity contribution in [2.75, 3.05) is 18.5 Å². The summed E-state index contributed by atoms with van der Waals surface area (Å²) in [5.41, 5.74) is 2.34. The van der Waals surface area contributed by atoms with Crippen molar-refractivity contribution >= 4 is 27.4 Å². The maximum atomic E-state index is 4.45. The molecule has 5 heteroatoms. The number of thiophene rings is 1. The standard InChI is InChI=1S/C15H16N4S/c1-11-9-20-15-13(11)14(17-10-18-15)19(2)8-6-12-5-3-4-7-16-12/h3-5,7,9-10H,6,8H2,1-2H3. The molecule has 0 aliphatic rings. The van der Waals surface area contributed by atoms with Crippen molar-refractivity contribution in [3.63, 3.8) is 0 Å². The van der Waals surface area contributed by atoms with Gasteiger partial charge in [-0.1, -0.05) is 6.07 Å². The Morgan fingerprint density at radius 1 is 1.20 bits per heavy atom. The molecule has 3 aromatic heterocycles. The molecule has 0 aliphatic carbocycles. The highest BCUT2D eigenvalue weighted by Crippen LogP contribution is 2.30. The Morgan fingerprint density at radius 2 is 2.10 bits per heavy atom. The lowest BCUT2D eigenvalue weighted by atomic mass is 10.2. The molecule has 0 bridgehead atoms. The van der Waals surface area contributed by atoms with Crippen LogP contribution in [-0.4, -0.2) is 28.5 Å². The van der Waals surface area contributed by atoms with Gasteiger partial charge in [0, 0.05) is 31.9 Å². The molecule has 0 saturated heterocycles. The monoisotopic (exact) mass is 284 g/mol. The summed E-state index contributed by atoms with van der Waals surface area (Å²) in [6.45, 7) is 3.00. The highest BCUT2D eigenvalue weighted by atomic mass is 32.1. The number of likely N-dealkylation sites (N-methyl/N-ethyl adjacent to an activating group) is 1. The van der Waals surface area contributed by atoms with Crippen molar-refractivity contribution in [1.82, 2.24) is 15.0 Å². The van der Waals surface area contributed by atoms with Crippen LogP contribution in [0.2, 0.25) is 0 Å². The Labute approximate surface area is 122 Å². The predicted molar refractivity (Wildman–Crippen MR) is 83.4 cm³/mol. The van der Waals surface area contributed by atoms with Gasteiger partial charge in [-0.2, -0.15) is 0 Å². The van der Waals surface area contributed by atoms with Crippen LogP contribution in [0.4, 0.5) is 5.82 Å². The first-order valence-electron chi connectivity index (χ1n) is 6.55.